The van der Waals surface area contributed by atoms with Crippen molar-refractivity contribution in [3.63, 3.8) is 0 Å². The van der Waals surface area contributed by atoms with Crippen molar-refractivity contribution in [2.24, 2.45) is 0 Å². The van der Waals surface area contributed by atoms with E-state index in [0.717, 1.165) is 29.3 Å². The molecule has 0 radical (unpaired) electrons. The quantitative estimate of drug-likeness (QED) is 0.659. The largest absolute Gasteiger partial charge is 0.449 e. The van der Waals surface area contributed by atoms with E-state index < -0.39 is 5.60 Å². The molecule has 5 nitrogen and oxygen atoms in total. The Bertz CT molecular complexity index is 1050. The zero-order valence-corrected chi connectivity index (χ0v) is 14.9. The van der Waals surface area contributed by atoms with E-state index in [2.05, 4.69) is 0 Å². The van der Waals surface area contributed by atoms with Crippen molar-refractivity contribution in [2.75, 3.05) is 13.1 Å². The van der Waals surface area contributed by atoms with Crippen LogP contribution in [0, 0.1) is 0 Å². The predicted octanol–water partition coefficient (Wildman–Crippen LogP) is 3.33. The topological polar surface area (TPSA) is 51.5 Å². The average Bonchev–Trinajstić information content (AvgIpc) is 3.22. The van der Waals surface area contributed by atoms with Crippen molar-refractivity contribution >= 4 is 22.8 Å². The van der Waals surface area contributed by atoms with Gasteiger partial charge in [-0.3, -0.25) is 4.79 Å². The second kappa shape index (κ2) is 5.98. The third-order valence-electron chi connectivity index (χ3n) is 5.72. The summed E-state index contributed by atoms with van der Waals surface area (Å²) in [5.74, 6) is -0.229. The molecular weight excluding hydrogens is 340 g/mol. The number of nitrogens with zero attached hydrogens (tertiary/aromatic N) is 2. The van der Waals surface area contributed by atoms with Crippen molar-refractivity contribution in [3.8, 4) is 0 Å². The molecular formula is C22H20N2O3. The van der Waals surface area contributed by atoms with Crippen molar-refractivity contribution in [1.82, 2.24) is 9.47 Å². The molecule has 2 aliphatic heterocycles. The molecule has 136 valence electrons. The summed E-state index contributed by atoms with van der Waals surface area (Å²) in [5, 5.41) is 1.12. The van der Waals surface area contributed by atoms with Gasteiger partial charge in [0.1, 0.15) is 6.54 Å². The lowest BCUT2D eigenvalue weighted by atomic mass is 9.85. The highest BCUT2D eigenvalue weighted by Crippen LogP contribution is 2.42. The van der Waals surface area contributed by atoms with Crippen LogP contribution in [0.3, 0.4) is 0 Å². The molecule has 3 heterocycles. The molecule has 1 amide bonds. The summed E-state index contributed by atoms with van der Waals surface area (Å²) >= 11 is 0. The maximum absolute atomic E-state index is 13.0. The number of amides is 1. The van der Waals surface area contributed by atoms with Gasteiger partial charge in [-0.1, -0.05) is 36.4 Å². The third-order valence-corrected chi connectivity index (χ3v) is 5.72. The van der Waals surface area contributed by atoms with Gasteiger partial charge in [-0.05, 0) is 36.4 Å². The molecule has 1 aromatic heterocycles. The summed E-state index contributed by atoms with van der Waals surface area (Å²) in [5.41, 5.74) is 1.90. The highest BCUT2D eigenvalue weighted by molar-refractivity contribution is 5.95. The molecule has 1 fully saturated rings. The predicted molar refractivity (Wildman–Crippen MR) is 101 cm³/mol. The molecule has 2 aliphatic rings. The van der Waals surface area contributed by atoms with Crippen LogP contribution in [0.2, 0.25) is 0 Å². The first-order valence-corrected chi connectivity index (χ1v) is 9.31. The number of ether oxygens (including phenoxy) is 1. The summed E-state index contributed by atoms with van der Waals surface area (Å²) in [6.07, 6.45) is 3.53. The Labute approximate surface area is 157 Å². The normalized spacial score (nSPS) is 21.5. The van der Waals surface area contributed by atoms with E-state index in [1.165, 1.54) is 0 Å². The van der Waals surface area contributed by atoms with E-state index in [1.807, 2.05) is 64.2 Å². The van der Waals surface area contributed by atoms with E-state index in [4.69, 9.17) is 4.74 Å². The number of hydrogen-bond donors (Lipinski definition) is 0. The Hall–Kier alpha value is -3.08. The van der Waals surface area contributed by atoms with Gasteiger partial charge in [0.25, 0.3) is 0 Å². The maximum atomic E-state index is 13.0. The minimum absolute atomic E-state index is 0.0517. The van der Waals surface area contributed by atoms with Crippen LogP contribution < -0.4 is 0 Å². The fourth-order valence-electron chi connectivity index (χ4n) is 4.41. The summed E-state index contributed by atoms with van der Waals surface area (Å²) in [7, 11) is 0. The first-order chi connectivity index (χ1) is 13.2. The van der Waals surface area contributed by atoms with Crippen molar-refractivity contribution in [1.29, 1.82) is 0 Å². The van der Waals surface area contributed by atoms with Crippen LogP contribution in [0.25, 0.3) is 10.9 Å². The van der Waals surface area contributed by atoms with Gasteiger partial charge in [-0.2, -0.15) is 0 Å². The second-order valence-electron chi connectivity index (χ2n) is 7.35. The van der Waals surface area contributed by atoms with Gasteiger partial charge in [0.15, 0.2) is 5.60 Å². The molecule has 0 N–H and O–H groups in total. The van der Waals surface area contributed by atoms with Gasteiger partial charge in [0, 0.05) is 23.8 Å². The van der Waals surface area contributed by atoms with Gasteiger partial charge < -0.3 is 14.2 Å². The number of carbonyl (C=O) groups excluding carboxylic acids is 2. The van der Waals surface area contributed by atoms with E-state index in [0.29, 0.717) is 25.2 Å². The molecule has 1 spiro atoms. The number of esters is 1. The minimum atomic E-state index is -0.694. The zero-order valence-electron chi connectivity index (χ0n) is 14.9. The molecule has 5 heteroatoms. The molecule has 2 aromatic carbocycles. The standard InChI is InChI=1S/C22H20N2O3/c25-20(14-23-13-10-16-6-1-4-9-19(16)23)24-12-5-11-22(15-24)18-8-3-2-7-17(18)21(26)27-22/h1-4,6-10,13H,5,11-12,14-15H2/t22-/m0/s1. The van der Waals surface area contributed by atoms with Gasteiger partial charge in [0.2, 0.25) is 5.91 Å². The number of aromatic nitrogens is 1. The molecule has 0 unspecified atom stereocenters. The van der Waals surface area contributed by atoms with Crippen molar-refractivity contribution < 1.29 is 14.3 Å². The van der Waals surface area contributed by atoms with Crippen LogP contribution in [-0.4, -0.2) is 34.4 Å². The van der Waals surface area contributed by atoms with E-state index in [9.17, 15) is 9.59 Å². The van der Waals surface area contributed by atoms with Gasteiger partial charge in [-0.15, -0.1) is 0 Å². The van der Waals surface area contributed by atoms with Crippen LogP contribution in [-0.2, 0) is 21.7 Å². The lowest BCUT2D eigenvalue weighted by Crippen LogP contribution is -2.49. The van der Waals surface area contributed by atoms with Gasteiger partial charge in [0.05, 0.1) is 12.1 Å². The second-order valence-corrected chi connectivity index (χ2v) is 7.35. The average molecular weight is 360 g/mol. The lowest BCUT2D eigenvalue weighted by molar-refractivity contribution is -0.139. The van der Waals surface area contributed by atoms with Crippen LogP contribution in [0.4, 0.5) is 0 Å². The first-order valence-electron chi connectivity index (χ1n) is 9.31. The zero-order chi connectivity index (χ0) is 18.4. The third kappa shape index (κ3) is 2.53. The fourth-order valence-corrected chi connectivity index (χ4v) is 4.41. The Morgan fingerprint density at radius 1 is 1.07 bits per heavy atom. The van der Waals surface area contributed by atoms with Crippen LogP contribution >= 0.6 is 0 Å². The molecule has 27 heavy (non-hydrogen) atoms. The van der Waals surface area contributed by atoms with Gasteiger partial charge in [-0.25, -0.2) is 4.79 Å². The van der Waals surface area contributed by atoms with E-state index in [1.54, 1.807) is 6.07 Å². The number of carbonyl (C=O) groups is 2. The SMILES string of the molecule is O=C1O[C@]2(CCCN(C(=O)Cn3ccc4ccccc43)C2)c2ccccc21. The Balaban J connectivity index is 1.40. The number of rotatable bonds is 2. The maximum Gasteiger partial charge on any atom is 0.339 e. The monoisotopic (exact) mass is 360 g/mol. The van der Waals surface area contributed by atoms with Crippen LogP contribution in [0.1, 0.15) is 28.8 Å². The lowest BCUT2D eigenvalue weighted by Gasteiger charge is -2.39. The number of fused-ring (bicyclic) bond motifs is 3. The highest BCUT2D eigenvalue weighted by Gasteiger charge is 2.48. The van der Waals surface area contributed by atoms with E-state index in [-0.39, 0.29) is 11.9 Å². The first kappa shape index (κ1) is 16.1. The molecule has 1 saturated heterocycles. The molecule has 5 rings (SSSR count). The number of piperidine rings is 1. The molecule has 0 aliphatic carbocycles. The summed E-state index contributed by atoms with van der Waals surface area (Å²) < 4.78 is 7.79. The molecule has 1 atom stereocenters. The van der Waals surface area contributed by atoms with Crippen molar-refractivity contribution in [2.45, 2.75) is 25.0 Å². The van der Waals surface area contributed by atoms with E-state index >= 15 is 0 Å². The van der Waals surface area contributed by atoms with Gasteiger partial charge >= 0.3 is 5.97 Å². The summed E-state index contributed by atoms with van der Waals surface area (Å²) in [6.45, 7) is 1.41. The number of likely N-dealkylation sites (tertiary alicyclic amines) is 1. The number of benzene rings is 2. The number of para-hydroxylation sites is 1. The van der Waals surface area contributed by atoms with Crippen LogP contribution in [0.5, 0.6) is 0 Å². The number of hydrogen-bond acceptors (Lipinski definition) is 3. The summed E-state index contributed by atoms with van der Waals surface area (Å²) in [4.78, 5) is 27.1. The fraction of sp³-hybridized carbons (Fsp3) is 0.273. The van der Waals surface area contributed by atoms with Crippen LogP contribution in [0.15, 0.2) is 60.8 Å². The Morgan fingerprint density at radius 2 is 1.89 bits per heavy atom. The highest BCUT2D eigenvalue weighted by atomic mass is 16.6. The summed E-state index contributed by atoms with van der Waals surface area (Å²) in [6, 6.07) is 17.6. The molecule has 0 bridgehead atoms. The minimum Gasteiger partial charge on any atom is -0.449 e. The molecule has 0 saturated carbocycles. The molecule has 3 aromatic rings. The van der Waals surface area contributed by atoms with Crippen molar-refractivity contribution in [3.05, 3.63) is 71.9 Å². The Morgan fingerprint density at radius 3 is 2.81 bits per heavy atom. The smallest absolute Gasteiger partial charge is 0.339 e. The Kier molecular flexibility index (Phi) is 3.57.